The maximum atomic E-state index is 5.84. The predicted octanol–water partition coefficient (Wildman–Crippen LogP) is 1.01. The largest absolute Gasteiger partial charge is 0.355 e. The molecule has 13 heavy (non-hydrogen) atoms. The highest BCUT2D eigenvalue weighted by atomic mass is 15.2. The molecule has 1 atom stereocenters. The van der Waals surface area contributed by atoms with Crippen molar-refractivity contribution >= 4 is 5.84 Å². The molecule has 1 saturated heterocycles. The Morgan fingerprint density at radius 3 is 2.69 bits per heavy atom. The summed E-state index contributed by atoms with van der Waals surface area (Å²) in [6, 6.07) is 0.321. The van der Waals surface area contributed by atoms with Crippen molar-refractivity contribution in [2.75, 3.05) is 20.1 Å². The monoisotopic (exact) mass is 181 g/mol. The number of rotatable bonds is 1. The van der Waals surface area contributed by atoms with Crippen molar-refractivity contribution in [3.8, 4) is 0 Å². The summed E-state index contributed by atoms with van der Waals surface area (Å²) in [7, 11) is 1.84. The maximum Gasteiger partial charge on any atom is 0.125 e. The summed E-state index contributed by atoms with van der Waals surface area (Å²) < 4.78 is 0. The van der Waals surface area contributed by atoms with E-state index in [2.05, 4.69) is 22.9 Å². The molecular formula is C10H19N3. The van der Waals surface area contributed by atoms with Crippen LogP contribution in [0.3, 0.4) is 0 Å². The highest BCUT2D eigenvalue weighted by Gasteiger charge is 2.21. The predicted molar refractivity (Wildman–Crippen MR) is 57.0 cm³/mol. The van der Waals surface area contributed by atoms with E-state index in [4.69, 9.17) is 5.73 Å². The Hall–Kier alpha value is -0.830. The molecule has 1 unspecified atom stereocenters. The number of hydrogen-bond acceptors (Lipinski definition) is 2. The molecule has 1 fully saturated rings. The second-order valence-corrected chi connectivity index (χ2v) is 3.51. The van der Waals surface area contributed by atoms with E-state index in [1.807, 2.05) is 14.0 Å². The van der Waals surface area contributed by atoms with E-state index in [0.717, 1.165) is 25.3 Å². The fourth-order valence-electron chi connectivity index (χ4n) is 1.68. The third-order valence-corrected chi connectivity index (χ3v) is 2.52. The molecule has 0 aromatic carbocycles. The fraction of sp³-hybridized carbons (Fsp3) is 0.700. The Morgan fingerprint density at radius 2 is 2.31 bits per heavy atom. The van der Waals surface area contributed by atoms with E-state index in [1.54, 1.807) is 0 Å². The second-order valence-electron chi connectivity index (χ2n) is 3.51. The number of aliphatic imine (C=N–C) groups is 1. The Bertz CT molecular complexity index is 230. The van der Waals surface area contributed by atoms with E-state index in [-0.39, 0.29) is 0 Å². The Balaban J connectivity index is 2.69. The molecule has 0 saturated carbocycles. The van der Waals surface area contributed by atoms with Gasteiger partial charge in [0.2, 0.25) is 0 Å². The number of allylic oxidation sites excluding steroid dienone is 1. The third kappa shape index (κ3) is 2.31. The normalized spacial score (nSPS) is 25.5. The summed E-state index contributed by atoms with van der Waals surface area (Å²) in [6.45, 7) is 6.11. The molecule has 1 rings (SSSR count). The van der Waals surface area contributed by atoms with Crippen LogP contribution in [0, 0.1) is 0 Å². The lowest BCUT2D eigenvalue weighted by Gasteiger charge is -2.20. The van der Waals surface area contributed by atoms with Crippen LogP contribution in [0.25, 0.3) is 0 Å². The van der Waals surface area contributed by atoms with Crippen LogP contribution < -0.4 is 5.73 Å². The Kier molecular flexibility index (Phi) is 3.48. The lowest BCUT2D eigenvalue weighted by molar-refractivity contribution is 0.508. The van der Waals surface area contributed by atoms with Crippen LogP contribution in [-0.2, 0) is 0 Å². The Labute approximate surface area is 80.3 Å². The Morgan fingerprint density at radius 1 is 1.62 bits per heavy atom. The van der Waals surface area contributed by atoms with Gasteiger partial charge < -0.3 is 10.6 Å². The van der Waals surface area contributed by atoms with Crippen LogP contribution >= 0.6 is 0 Å². The highest BCUT2D eigenvalue weighted by molar-refractivity contribution is 5.97. The molecule has 0 spiro atoms. The van der Waals surface area contributed by atoms with Gasteiger partial charge in [-0.1, -0.05) is 6.08 Å². The average Bonchev–Trinajstić information content (AvgIpc) is 2.53. The van der Waals surface area contributed by atoms with E-state index in [0.29, 0.717) is 6.04 Å². The molecule has 0 radical (unpaired) electrons. The van der Waals surface area contributed by atoms with Crippen LogP contribution in [0.2, 0.25) is 0 Å². The van der Waals surface area contributed by atoms with Gasteiger partial charge in [-0.2, -0.15) is 0 Å². The zero-order valence-corrected chi connectivity index (χ0v) is 8.75. The lowest BCUT2D eigenvalue weighted by atomic mass is 10.2. The highest BCUT2D eigenvalue weighted by Crippen LogP contribution is 2.12. The van der Waals surface area contributed by atoms with Gasteiger partial charge in [0, 0.05) is 26.2 Å². The average molecular weight is 181 g/mol. The summed E-state index contributed by atoms with van der Waals surface area (Å²) in [5.41, 5.74) is 7.08. The van der Waals surface area contributed by atoms with Crippen LogP contribution in [0.1, 0.15) is 20.3 Å². The van der Waals surface area contributed by atoms with E-state index in [9.17, 15) is 0 Å². The molecule has 0 bridgehead atoms. The minimum atomic E-state index is 0.321. The van der Waals surface area contributed by atoms with Gasteiger partial charge in [-0.3, -0.25) is 4.99 Å². The minimum absolute atomic E-state index is 0.321. The standard InChI is InChI=1S/C10H19N3/c1-4-8(2)10(12-3)13-6-5-9(11)7-13/h4,9H,5-7,11H2,1-3H3. The van der Waals surface area contributed by atoms with Crippen molar-refractivity contribution in [3.05, 3.63) is 11.6 Å². The first kappa shape index (κ1) is 10.3. The summed E-state index contributed by atoms with van der Waals surface area (Å²) in [5.74, 6) is 1.09. The summed E-state index contributed by atoms with van der Waals surface area (Å²) in [4.78, 5) is 6.56. The molecule has 3 nitrogen and oxygen atoms in total. The molecule has 1 heterocycles. The van der Waals surface area contributed by atoms with Crippen LogP contribution in [0.4, 0.5) is 0 Å². The van der Waals surface area contributed by atoms with E-state index < -0.39 is 0 Å². The minimum Gasteiger partial charge on any atom is -0.355 e. The second kappa shape index (κ2) is 4.42. The first-order chi connectivity index (χ1) is 6.19. The van der Waals surface area contributed by atoms with Gasteiger partial charge >= 0.3 is 0 Å². The summed E-state index contributed by atoms with van der Waals surface area (Å²) in [5, 5.41) is 0. The molecule has 0 aromatic rings. The first-order valence-electron chi connectivity index (χ1n) is 4.79. The third-order valence-electron chi connectivity index (χ3n) is 2.52. The van der Waals surface area contributed by atoms with Crippen molar-refractivity contribution in [1.29, 1.82) is 0 Å². The van der Waals surface area contributed by atoms with Gasteiger partial charge in [-0.15, -0.1) is 0 Å². The van der Waals surface area contributed by atoms with Crippen molar-refractivity contribution < 1.29 is 0 Å². The quantitative estimate of drug-likeness (QED) is 0.484. The van der Waals surface area contributed by atoms with E-state index >= 15 is 0 Å². The number of nitrogens with zero attached hydrogens (tertiary/aromatic N) is 2. The molecule has 0 aromatic heterocycles. The maximum absolute atomic E-state index is 5.84. The van der Waals surface area contributed by atoms with Crippen molar-refractivity contribution in [2.24, 2.45) is 10.7 Å². The molecule has 0 amide bonds. The fourth-order valence-corrected chi connectivity index (χ4v) is 1.68. The van der Waals surface area contributed by atoms with Crippen molar-refractivity contribution in [2.45, 2.75) is 26.3 Å². The van der Waals surface area contributed by atoms with Crippen LogP contribution in [0.5, 0.6) is 0 Å². The molecular weight excluding hydrogens is 162 g/mol. The summed E-state index contributed by atoms with van der Waals surface area (Å²) in [6.07, 6.45) is 3.17. The van der Waals surface area contributed by atoms with Crippen LogP contribution in [0.15, 0.2) is 16.6 Å². The number of likely N-dealkylation sites (tertiary alicyclic amines) is 1. The smallest absolute Gasteiger partial charge is 0.125 e. The first-order valence-corrected chi connectivity index (χ1v) is 4.79. The van der Waals surface area contributed by atoms with Crippen LogP contribution in [-0.4, -0.2) is 36.9 Å². The van der Waals surface area contributed by atoms with Gasteiger partial charge in [0.15, 0.2) is 0 Å². The van der Waals surface area contributed by atoms with E-state index in [1.165, 1.54) is 5.57 Å². The lowest BCUT2D eigenvalue weighted by Crippen LogP contribution is -2.32. The van der Waals surface area contributed by atoms with Gasteiger partial charge in [0.25, 0.3) is 0 Å². The number of hydrogen-bond donors (Lipinski definition) is 1. The van der Waals surface area contributed by atoms with Gasteiger partial charge in [0.1, 0.15) is 5.84 Å². The summed E-state index contributed by atoms with van der Waals surface area (Å²) >= 11 is 0. The van der Waals surface area contributed by atoms with Crippen molar-refractivity contribution in [3.63, 3.8) is 0 Å². The molecule has 74 valence electrons. The topological polar surface area (TPSA) is 41.6 Å². The molecule has 2 N–H and O–H groups in total. The molecule has 1 aliphatic rings. The zero-order valence-electron chi connectivity index (χ0n) is 8.75. The van der Waals surface area contributed by atoms with Crippen molar-refractivity contribution in [1.82, 2.24) is 4.90 Å². The zero-order chi connectivity index (χ0) is 9.84. The molecule has 1 aliphatic heterocycles. The number of amidine groups is 1. The number of nitrogens with two attached hydrogens (primary N) is 1. The van der Waals surface area contributed by atoms with Gasteiger partial charge in [-0.05, 0) is 25.8 Å². The van der Waals surface area contributed by atoms with Gasteiger partial charge in [-0.25, -0.2) is 0 Å². The molecule has 3 heteroatoms. The SMILES string of the molecule is CC=C(C)C(=NC)N1CCC(N)C1. The van der Waals surface area contributed by atoms with Gasteiger partial charge in [0.05, 0.1) is 0 Å². The molecule has 0 aliphatic carbocycles.